The van der Waals surface area contributed by atoms with Crippen LogP contribution in [0, 0.1) is 0 Å². The molecule has 0 fully saturated rings. The number of methoxy groups -OCH3 is 1. The number of carbonyl (C=O) groups is 1. The first-order chi connectivity index (χ1) is 5.60. The van der Waals surface area contributed by atoms with E-state index < -0.39 is 4.32 Å². The van der Waals surface area contributed by atoms with Crippen molar-refractivity contribution in [3.05, 3.63) is 0 Å². The molecule has 0 unspecified atom stereocenters. The van der Waals surface area contributed by atoms with E-state index >= 15 is 0 Å². The Morgan fingerprint density at radius 1 is 1.50 bits per heavy atom. The first-order valence-electron chi connectivity index (χ1n) is 4.38. The fourth-order valence-electron chi connectivity index (χ4n) is 1.06. The highest BCUT2D eigenvalue weighted by molar-refractivity contribution is 9.10. The fraction of sp³-hybridized carbons (Fsp3) is 0.889. The van der Waals surface area contributed by atoms with Crippen molar-refractivity contribution in [2.24, 2.45) is 0 Å². The second kappa shape index (κ2) is 5.57. The van der Waals surface area contributed by atoms with Crippen LogP contribution in [-0.4, -0.2) is 17.4 Å². The number of carbonyl (C=O) groups excluding carboxylic acids is 1. The Bertz CT molecular complexity index is 147. The van der Waals surface area contributed by atoms with E-state index in [1.165, 1.54) is 7.11 Å². The molecule has 0 aromatic rings. The minimum atomic E-state index is -0.447. The van der Waals surface area contributed by atoms with Crippen LogP contribution in [0.25, 0.3) is 0 Å². The number of alkyl halides is 1. The van der Waals surface area contributed by atoms with Gasteiger partial charge in [0.15, 0.2) is 0 Å². The van der Waals surface area contributed by atoms with Gasteiger partial charge in [-0.15, -0.1) is 0 Å². The molecule has 0 aromatic heterocycles. The zero-order valence-electron chi connectivity index (χ0n) is 8.02. The topological polar surface area (TPSA) is 26.3 Å². The van der Waals surface area contributed by atoms with Crippen LogP contribution in [0.2, 0.25) is 0 Å². The number of rotatable bonds is 5. The molecule has 0 aliphatic rings. The normalized spacial score (nSPS) is 15.3. The predicted molar refractivity (Wildman–Crippen MR) is 53.5 cm³/mol. The van der Waals surface area contributed by atoms with Crippen LogP contribution < -0.4 is 0 Å². The van der Waals surface area contributed by atoms with Crippen molar-refractivity contribution in [3.63, 3.8) is 0 Å². The Morgan fingerprint density at radius 2 is 2.08 bits per heavy atom. The van der Waals surface area contributed by atoms with Crippen molar-refractivity contribution in [2.45, 2.75) is 43.9 Å². The van der Waals surface area contributed by atoms with Crippen LogP contribution in [0.15, 0.2) is 0 Å². The van der Waals surface area contributed by atoms with Gasteiger partial charge in [0.25, 0.3) is 0 Å². The first kappa shape index (κ1) is 11.9. The van der Waals surface area contributed by atoms with Gasteiger partial charge < -0.3 is 4.74 Å². The lowest BCUT2D eigenvalue weighted by Crippen LogP contribution is -2.32. The zero-order valence-corrected chi connectivity index (χ0v) is 9.61. The number of hydrogen-bond donors (Lipinski definition) is 0. The Kier molecular flexibility index (Phi) is 5.55. The van der Waals surface area contributed by atoms with Gasteiger partial charge in [-0.05, 0) is 12.8 Å². The molecule has 0 spiro atoms. The van der Waals surface area contributed by atoms with Crippen molar-refractivity contribution in [3.8, 4) is 0 Å². The highest BCUT2D eigenvalue weighted by Gasteiger charge is 2.33. The number of esters is 1. The summed E-state index contributed by atoms with van der Waals surface area (Å²) in [6, 6.07) is 0. The molecular weight excluding hydrogens is 220 g/mol. The van der Waals surface area contributed by atoms with Crippen LogP contribution in [-0.2, 0) is 9.53 Å². The lowest BCUT2D eigenvalue weighted by atomic mass is 9.99. The Labute approximate surface area is 82.8 Å². The summed E-state index contributed by atoms with van der Waals surface area (Å²) in [6.45, 7) is 4.10. The molecule has 0 radical (unpaired) electrons. The van der Waals surface area contributed by atoms with Gasteiger partial charge in [0, 0.05) is 0 Å². The van der Waals surface area contributed by atoms with Crippen molar-refractivity contribution < 1.29 is 9.53 Å². The van der Waals surface area contributed by atoms with Crippen LogP contribution in [0.3, 0.4) is 0 Å². The average Bonchev–Trinajstić information content (AvgIpc) is 2.12. The number of ether oxygens (including phenoxy) is 1. The molecule has 0 heterocycles. The van der Waals surface area contributed by atoms with E-state index in [0.29, 0.717) is 0 Å². The van der Waals surface area contributed by atoms with Crippen LogP contribution in [0.1, 0.15) is 39.5 Å². The van der Waals surface area contributed by atoms with Gasteiger partial charge in [-0.3, -0.25) is 4.79 Å². The van der Waals surface area contributed by atoms with E-state index in [4.69, 9.17) is 4.74 Å². The molecule has 0 aromatic carbocycles. The van der Waals surface area contributed by atoms with Gasteiger partial charge in [-0.1, -0.05) is 42.6 Å². The first-order valence-corrected chi connectivity index (χ1v) is 5.17. The second-order valence-corrected chi connectivity index (χ2v) is 4.43. The van der Waals surface area contributed by atoms with Crippen molar-refractivity contribution in [1.29, 1.82) is 0 Å². The van der Waals surface area contributed by atoms with E-state index in [1.54, 1.807) is 0 Å². The molecule has 3 heteroatoms. The van der Waals surface area contributed by atoms with Gasteiger partial charge in [0.2, 0.25) is 0 Å². The number of hydrogen-bond acceptors (Lipinski definition) is 2. The van der Waals surface area contributed by atoms with Crippen molar-refractivity contribution in [2.75, 3.05) is 7.11 Å². The molecular formula is C9H17BrO2. The molecule has 1 atom stereocenters. The Balaban J connectivity index is 4.13. The molecule has 0 rings (SSSR count). The molecule has 2 nitrogen and oxygen atoms in total. The van der Waals surface area contributed by atoms with Gasteiger partial charge in [0.1, 0.15) is 4.32 Å². The number of unbranched alkanes of at least 4 members (excludes halogenated alkanes) is 1. The highest BCUT2D eigenvalue weighted by atomic mass is 79.9. The Hall–Kier alpha value is -0.0500. The van der Waals surface area contributed by atoms with Crippen LogP contribution in [0.5, 0.6) is 0 Å². The SMILES string of the molecule is CCCC[C@@](Br)(CC)C(=O)OC. The Morgan fingerprint density at radius 3 is 2.42 bits per heavy atom. The number of halogens is 1. The van der Waals surface area contributed by atoms with Gasteiger partial charge >= 0.3 is 5.97 Å². The fourth-order valence-corrected chi connectivity index (χ4v) is 1.51. The lowest BCUT2D eigenvalue weighted by molar-refractivity contribution is -0.143. The summed E-state index contributed by atoms with van der Waals surface area (Å²) >= 11 is 3.44. The maximum absolute atomic E-state index is 11.3. The maximum atomic E-state index is 11.3. The molecule has 0 saturated carbocycles. The molecule has 0 aliphatic carbocycles. The third-order valence-corrected chi connectivity index (χ3v) is 3.32. The molecule has 0 bridgehead atoms. The summed E-state index contributed by atoms with van der Waals surface area (Å²) in [7, 11) is 1.43. The van der Waals surface area contributed by atoms with Crippen molar-refractivity contribution in [1.82, 2.24) is 0 Å². The molecule has 0 N–H and O–H groups in total. The minimum absolute atomic E-state index is 0.154. The monoisotopic (exact) mass is 236 g/mol. The molecule has 0 saturated heterocycles. The highest BCUT2D eigenvalue weighted by Crippen LogP contribution is 2.29. The summed E-state index contributed by atoms with van der Waals surface area (Å²) in [4.78, 5) is 11.3. The minimum Gasteiger partial charge on any atom is -0.468 e. The predicted octanol–water partition coefficient (Wildman–Crippen LogP) is 2.89. The second-order valence-electron chi connectivity index (χ2n) is 2.91. The van der Waals surface area contributed by atoms with E-state index in [0.717, 1.165) is 25.7 Å². The molecule has 72 valence electrons. The summed E-state index contributed by atoms with van der Waals surface area (Å²) in [6.07, 6.45) is 3.78. The van der Waals surface area contributed by atoms with Crippen LogP contribution >= 0.6 is 15.9 Å². The molecule has 12 heavy (non-hydrogen) atoms. The van der Waals surface area contributed by atoms with E-state index in [2.05, 4.69) is 22.9 Å². The lowest BCUT2D eigenvalue weighted by Gasteiger charge is -2.22. The van der Waals surface area contributed by atoms with Gasteiger partial charge in [0.05, 0.1) is 7.11 Å². The van der Waals surface area contributed by atoms with Crippen LogP contribution in [0.4, 0.5) is 0 Å². The summed E-state index contributed by atoms with van der Waals surface area (Å²) < 4.78 is 4.27. The standard InChI is InChI=1S/C9H17BrO2/c1-4-6-7-9(10,5-2)8(11)12-3/h4-7H2,1-3H3/t9-/m0/s1. The molecule has 0 aliphatic heterocycles. The van der Waals surface area contributed by atoms with Gasteiger partial charge in [-0.25, -0.2) is 0 Å². The van der Waals surface area contributed by atoms with E-state index in [-0.39, 0.29) is 5.97 Å². The summed E-state index contributed by atoms with van der Waals surface area (Å²) in [5.74, 6) is -0.154. The maximum Gasteiger partial charge on any atom is 0.322 e. The third-order valence-electron chi connectivity index (χ3n) is 2.04. The van der Waals surface area contributed by atoms with E-state index in [1.807, 2.05) is 6.92 Å². The zero-order chi connectivity index (χ0) is 9.61. The molecule has 0 amide bonds. The largest absolute Gasteiger partial charge is 0.468 e. The van der Waals surface area contributed by atoms with E-state index in [9.17, 15) is 4.79 Å². The quantitative estimate of drug-likeness (QED) is 0.542. The summed E-state index contributed by atoms with van der Waals surface area (Å²) in [5, 5.41) is 0. The smallest absolute Gasteiger partial charge is 0.322 e. The third kappa shape index (κ3) is 3.13. The van der Waals surface area contributed by atoms with Crippen molar-refractivity contribution >= 4 is 21.9 Å². The summed E-state index contributed by atoms with van der Waals surface area (Å²) in [5.41, 5.74) is 0. The van der Waals surface area contributed by atoms with Gasteiger partial charge in [-0.2, -0.15) is 0 Å². The average molecular weight is 237 g/mol.